The van der Waals surface area contributed by atoms with E-state index < -0.39 is 0 Å². The highest BCUT2D eigenvalue weighted by Crippen LogP contribution is 2.46. The second-order valence-corrected chi connectivity index (χ2v) is 7.08. The summed E-state index contributed by atoms with van der Waals surface area (Å²) < 4.78 is 6.54. The van der Waals surface area contributed by atoms with Crippen molar-refractivity contribution in [3.8, 4) is 0 Å². The Labute approximate surface area is 129 Å². The van der Waals surface area contributed by atoms with E-state index in [0.29, 0.717) is 12.6 Å². The molecule has 2 aliphatic rings. The van der Waals surface area contributed by atoms with Crippen LogP contribution in [-0.4, -0.2) is 18.2 Å². The fraction of sp³-hybridized carbons (Fsp3) is 0.684. The summed E-state index contributed by atoms with van der Waals surface area (Å²) in [6.45, 7) is 2.97. The molecule has 2 heteroatoms. The third kappa shape index (κ3) is 2.89. The molecule has 1 spiro atoms. The van der Waals surface area contributed by atoms with Gasteiger partial charge in [0.25, 0.3) is 0 Å². The third-order valence-corrected chi connectivity index (χ3v) is 5.93. The Balaban J connectivity index is 1.74. The molecule has 1 heterocycles. The van der Waals surface area contributed by atoms with Gasteiger partial charge in [-0.3, -0.25) is 0 Å². The molecule has 1 aromatic rings. The average Bonchev–Trinajstić information content (AvgIpc) is 3.16. The van der Waals surface area contributed by atoms with E-state index in [1.54, 1.807) is 0 Å². The smallest absolute Gasteiger partial charge is 0.0687 e. The lowest BCUT2D eigenvalue weighted by molar-refractivity contribution is -0.0466. The molecule has 1 aliphatic heterocycles. The first-order valence-electron chi connectivity index (χ1n) is 8.65. The van der Waals surface area contributed by atoms with Gasteiger partial charge < -0.3 is 10.5 Å². The lowest BCUT2D eigenvalue weighted by Crippen LogP contribution is -2.38. The first-order chi connectivity index (χ1) is 10.2. The van der Waals surface area contributed by atoms with E-state index in [-0.39, 0.29) is 11.0 Å². The molecule has 0 radical (unpaired) electrons. The van der Waals surface area contributed by atoms with Gasteiger partial charge in [-0.15, -0.1) is 0 Å². The van der Waals surface area contributed by atoms with Crippen LogP contribution in [0.1, 0.15) is 63.9 Å². The highest BCUT2D eigenvalue weighted by atomic mass is 16.5. The first kappa shape index (κ1) is 15.1. The standard InChI is InChI=1S/C19H29NO/c1-2-18(15-20,16-8-4-3-5-9-16)14-17-10-13-19(21-17)11-6-7-12-19/h3-5,8-9,17H,2,6-7,10-15,20H2,1H3. The van der Waals surface area contributed by atoms with Gasteiger partial charge in [-0.2, -0.15) is 0 Å². The average molecular weight is 287 g/mol. The van der Waals surface area contributed by atoms with E-state index >= 15 is 0 Å². The summed E-state index contributed by atoms with van der Waals surface area (Å²) in [6, 6.07) is 10.8. The van der Waals surface area contributed by atoms with E-state index in [2.05, 4.69) is 37.3 Å². The minimum Gasteiger partial charge on any atom is -0.372 e. The van der Waals surface area contributed by atoms with Crippen molar-refractivity contribution in [2.75, 3.05) is 6.54 Å². The molecule has 21 heavy (non-hydrogen) atoms. The van der Waals surface area contributed by atoms with E-state index in [1.165, 1.54) is 44.1 Å². The second-order valence-electron chi connectivity index (χ2n) is 7.08. The van der Waals surface area contributed by atoms with Gasteiger partial charge >= 0.3 is 0 Å². The Morgan fingerprint density at radius 3 is 2.52 bits per heavy atom. The zero-order valence-corrected chi connectivity index (χ0v) is 13.3. The third-order valence-electron chi connectivity index (χ3n) is 5.93. The molecule has 1 saturated heterocycles. The molecule has 2 unspecified atom stereocenters. The summed E-state index contributed by atoms with van der Waals surface area (Å²) in [5.74, 6) is 0. The lowest BCUT2D eigenvalue weighted by Gasteiger charge is -2.35. The fourth-order valence-corrected chi connectivity index (χ4v) is 4.47. The Hall–Kier alpha value is -0.860. The molecule has 1 aromatic carbocycles. The van der Waals surface area contributed by atoms with Crippen LogP contribution in [0.2, 0.25) is 0 Å². The number of hydrogen-bond acceptors (Lipinski definition) is 2. The second kappa shape index (κ2) is 6.10. The van der Waals surface area contributed by atoms with Crippen molar-refractivity contribution in [3.05, 3.63) is 35.9 Å². The number of nitrogens with two attached hydrogens (primary N) is 1. The molecule has 2 fully saturated rings. The minimum absolute atomic E-state index is 0.0794. The SMILES string of the molecule is CCC(CN)(CC1CCC2(CCCC2)O1)c1ccccc1. The van der Waals surface area contributed by atoms with Crippen molar-refractivity contribution in [2.45, 2.75) is 75.4 Å². The first-order valence-corrected chi connectivity index (χ1v) is 8.65. The molecule has 0 amide bonds. The van der Waals surface area contributed by atoms with Crippen molar-refractivity contribution < 1.29 is 4.74 Å². The van der Waals surface area contributed by atoms with Crippen molar-refractivity contribution in [1.29, 1.82) is 0 Å². The molecule has 116 valence electrons. The van der Waals surface area contributed by atoms with Gasteiger partial charge in [0.2, 0.25) is 0 Å². The summed E-state index contributed by atoms with van der Waals surface area (Å²) in [5.41, 5.74) is 7.91. The highest BCUT2D eigenvalue weighted by molar-refractivity contribution is 5.26. The summed E-state index contributed by atoms with van der Waals surface area (Å²) in [4.78, 5) is 0. The van der Waals surface area contributed by atoms with Crippen molar-refractivity contribution >= 4 is 0 Å². The maximum atomic E-state index is 6.54. The maximum absolute atomic E-state index is 6.54. The number of rotatable bonds is 5. The molecular formula is C19H29NO. The summed E-state index contributed by atoms with van der Waals surface area (Å²) in [7, 11) is 0. The molecule has 2 N–H and O–H groups in total. The van der Waals surface area contributed by atoms with Crippen molar-refractivity contribution in [1.82, 2.24) is 0 Å². The van der Waals surface area contributed by atoms with E-state index in [4.69, 9.17) is 10.5 Å². The quantitative estimate of drug-likeness (QED) is 0.882. The molecule has 2 nitrogen and oxygen atoms in total. The predicted octanol–water partition coefficient (Wildman–Crippen LogP) is 4.18. The fourth-order valence-electron chi connectivity index (χ4n) is 4.47. The van der Waals surface area contributed by atoms with Gasteiger partial charge in [0.05, 0.1) is 11.7 Å². The number of ether oxygens (including phenoxy) is 1. The Bertz CT molecular complexity index is 446. The van der Waals surface area contributed by atoms with Gasteiger partial charge in [-0.1, -0.05) is 50.1 Å². The van der Waals surface area contributed by atoms with Crippen LogP contribution in [0, 0.1) is 0 Å². The normalized spacial score (nSPS) is 27.0. The largest absolute Gasteiger partial charge is 0.372 e. The zero-order chi connectivity index (χ0) is 14.8. The van der Waals surface area contributed by atoms with E-state index in [9.17, 15) is 0 Å². The molecule has 1 saturated carbocycles. The van der Waals surface area contributed by atoms with Crippen LogP contribution in [0.15, 0.2) is 30.3 Å². The molecule has 0 bridgehead atoms. The molecule has 2 atom stereocenters. The Morgan fingerprint density at radius 2 is 1.90 bits per heavy atom. The topological polar surface area (TPSA) is 35.2 Å². The molecule has 0 aromatic heterocycles. The van der Waals surface area contributed by atoms with Crippen molar-refractivity contribution in [2.24, 2.45) is 5.73 Å². The maximum Gasteiger partial charge on any atom is 0.0687 e. The summed E-state index contributed by atoms with van der Waals surface area (Å²) in [6.07, 6.45) is 10.3. The van der Waals surface area contributed by atoms with Crippen LogP contribution in [0.3, 0.4) is 0 Å². The number of hydrogen-bond donors (Lipinski definition) is 1. The van der Waals surface area contributed by atoms with Gasteiger partial charge in [-0.05, 0) is 44.1 Å². The Morgan fingerprint density at radius 1 is 1.19 bits per heavy atom. The Kier molecular flexibility index (Phi) is 4.37. The van der Waals surface area contributed by atoms with Crippen molar-refractivity contribution in [3.63, 3.8) is 0 Å². The molecular weight excluding hydrogens is 258 g/mol. The lowest BCUT2D eigenvalue weighted by atomic mass is 9.73. The van der Waals surface area contributed by atoms with E-state index in [0.717, 1.165) is 12.8 Å². The van der Waals surface area contributed by atoms with Gasteiger partial charge in [0.1, 0.15) is 0 Å². The van der Waals surface area contributed by atoms with Crippen LogP contribution in [0.4, 0.5) is 0 Å². The van der Waals surface area contributed by atoms with Gasteiger partial charge in [0, 0.05) is 12.0 Å². The van der Waals surface area contributed by atoms with Crippen LogP contribution >= 0.6 is 0 Å². The summed E-state index contributed by atoms with van der Waals surface area (Å²) in [5, 5.41) is 0. The van der Waals surface area contributed by atoms with Crippen LogP contribution in [-0.2, 0) is 10.2 Å². The number of benzene rings is 1. The van der Waals surface area contributed by atoms with E-state index in [1.807, 2.05) is 0 Å². The zero-order valence-electron chi connectivity index (χ0n) is 13.3. The highest BCUT2D eigenvalue weighted by Gasteiger charge is 2.44. The molecule has 1 aliphatic carbocycles. The predicted molar refractivity (Wildman–Crippen MR) is 87.4 cm³/mol. The molecule has 3 rings (SSSR count). The minimum atomic E-state index is 0.0794. The summed E-state index contributed by atoms with van der Waals surface area (Å²) >= 11 is 0. The van der Waals surface area contributed by atoms with Crippen LogP contribution < -0.4 is 5.73 Å². The van der Waals surface area contributed by atoms with Crippen LogP contribution in [0.25, 0.3) is 0 Å². The van der Waals surface area contributed by atoms with Gasteiger partial charge in [-0.25, -0.2) is 0 Å². The monoisotopic (exact) mass is 287 g/mol. The van der Waals surface area contributed by atoms with Gasteiger partial charge in [0.15, 0.2) is 0 Å². The van der Waals surface area contributed by atoms with Crippen LogP contribution in [0.5, 0.6) is 0 Å².